The van der Waals surface area contributed by atoms with E-state index in [-0.39, 0.29) is 0 Å². The fourth-order valence-electron chi connectivity index (χ4n) is 2.52. The van der Waals surface area contributed by atoms with Crippen LogP contribution in [0.4, 0.5) is 0 Å². The van der Waals surface area contributed by atoms with Crippen LogP contribution in [0.5, 0.6) is 0 Å². The highest BCUT2D eigenvalue weighted by atomic mass is 16.5. The smallest absolute Gasteiger partial charge is 0.105 e. The normalized spacial score (nSPS) is 21.9. The fourth-order valence-corrected chi connectivity index (χ4v) is 2.52. The van der Waals surface area contributed by atoms with E-state index in [4.69, 9.17) is 9.15 Å². The van der Waals surface area contributed by atoms with Crippen molar-refractivity contribution < 1.29 is 9.15 Å². The van der Waals surface area contributed by atoms with Crippen molar-refractivity contribution in [3.05, 3.63) is 23.2 Å². The van der Waals surface area contributed by atoms with Gasteiger partial charge in [-0.05, 0) is 52.6 Å². The van der Waals surface area contributed by atoms with Crippen molar-refractivity contribution in [1.29, 1.82) is 0 Å². The van der Waals surface area contributed by atoms with Gasteiger partial charge in [0.15, 0.2) is 0 Å². The van der Waals surface area contributed by atoms with Crippen LogP contribution in [0, 0.1) is 13.8 Å². The summed E-state index contributed by atoms with van der Waals surface area (Å²) in [6.45, 7) is 8.17. The summed E-state index contributed by atoms with van der Waals surface area (Å²) in [5, 5.41) is 3.54. The van der Waals surface area contributed by atoms with Crippen LogP contribution in [0.1, 0.15) is 49.3 Å². The van der Waals surface area contributed by atoms with Gasteiger partial charge in [-0.25, -0.2) is 0 Å². The zero-order valence-corrected chi connectivity index (χ0v) is 11.1. The molecule has 3 nitrogen and oxygen atoms in total. The molecule has 0 aliphatic carbocycles. The van der Waals surface area contributed by atoms with Crippen LogP contribution in [0.25, 0.3) is 0 Å². The number of hydrogen-bond acceptors (Lipinski definition) is 3. The second-order valence-electron chi connectivity index (χ2n) is 4.97. The molecule has 1 N–H and O–H groups in total. The molecule has 1 saturated heterocycles. The van der Waals surface area contributed by atoms with E-state index in [1.54, 1.807) is 0 Å². The van der Waals surface area contributed by atoms with Crippen LogP contribution in [-0.2, 0) is 4.74 Å². The molecule has 0 saturated carbocycles. The Kier molecular flexibility index (Phi) is 4.24. The molecule has 0 bridgehead atoms. The molecule has 1 aromatic rings. The lowest BCUT2D eigenvalue weighted by molar-refractivity contribution is 0.103. The number of ether oxygens (including phenoxy) is 1. The highest BCUT2D eigenvalue weighted by Gasteiger charge is 2.16. The van der Waals surface area contributed by atoms with Crippen LogP contribution in [0.2, 0.25) is 0 Å². The van der Waals surface area contributed by atoms with Gasteiger partial charge in [-0.15, -0.1) is 0 Å². The number of rotatable bonds is 5. The average molecular weight is 237 g/mol. The molecule has 1 aromatic heterocycles. The first-order valence-corrected chi connectivity index (χ1v) is 6.58. The SMILES string of the molecule is Cc1cc(C(C)NCCC2CCCO2)c(C)o1. The highest BCUT2D eigenvalue weighted by Crippen LogP contribution is 2.21. The van der Waals surface area contributed by atoms with Crippen LogP contribution in [-0.4, -0.2) is 19.3 Å². The number of aryl methyl sites for hydroxylation is 2. The van der Waals surface area contributed by atoms with Crippen molar-refractivity contribution in [2.24, 2.45) is 0 Å². The molecule has 0 amide bonds. The Balaban J connectivity index is 1.76. The maximum atomic E-state index is 5.61. The summed E-state index contributed by atoms with van der Waals surface area (Å²) in [5.41, 5.74) is 1.27. The summed E-state index contributed by atoms with van der Waals surface area (Å²) < 4.78 is 11.2. The lowest BCUT2D eigenvalue weighted by atomic mass is 10.1. The standard InChI is InChI=1S/C14H23NO2/c1-10-9-14(12(3)17-10)11(2)15-7-6-13-5-4-8-16-13/h9,11,13,15H,4-8H2,1-3H3. The van der Waals surface area contributed by atoms with Gasteiger partial charge in [-0.3, -0.25) is 0 Å². The van der Waals surface area contributed by atoms with Gasteiger partial charge in [-0.1, -0.05) is 0 Å². The van der Waals surface area contributed by atoms with Gasteiger partial charge in [0.2, 0.25) is 0 Å². The highest BCUT2D eigenvalue weighted by molar-refractivity contribution is 5.23. The molecule has 3 heteroatoms. The van der Waals surface area contributed by atoms with Crippen LogP contribution < -0.4 is 5.32 Å². The predicted octanol–water partition coefficient (Wildman–Crippen LogP) is 3.12. The monoisotopic (exact) mass is 237 g/mol. The molecule has 1 aliphatic rings. The summed E-state index contributed by atoms with van der Waals surface area (Å²) in [4.78, 5) is 0. The van der Waals surface area contributed by atoms with Crippen molar-refractivity contribution in [3.8, 4) is 0 Å². The molecule has 1 fully saturated rings. The zero-order chi connectivity index (χ0) is 12.3. The molecule has 96 valence electrons. The number of furan rings is 1. The largest absolute Gasteiger partial charge is 0.466 e. The summed E-state index contributed by atoms with van der Waals surface area (Å²) in [5.74, 6) is 2.02. The number of nitrogens with one attached hydrogen (secondary N) is 1. The van der Waals surface area contributed by atoms with Gasteiger partial charge in [0.25, 0.3) is 0 Å². The Labute approximate surface area is 104 Å². The Morgan fingerprint density at radius 2 is 2.29 bits per heavy atom. The maximum absolute atomic E-state index is 5.61. The molecular weight excluding hydrogens is 214 g/mol. The van der Waals surface area contributed by atoms with Crippen LogP contribution >= 0.6 is 0 Å². The molecule has 2 heterocycles. The third-order valence-electron chi connectivity index (χ3n) is 3.49. The van der Waals surface area contributed by atoms with E-state index in [9.17, 15) is 0 Å². The third-order valence-corrected chi connectivity index (χ3v) is 3.49. The minimum atomic E-state index is 0.355. The van der Waals surface area contributed by atoms with Gasteiger partial charge in [0, 0.05) is 18.2 Å². The molecule has 2 atom stereocenters. The lowest BCUT2D eigenvalue weighted by Crippen LogP contribution is -2.23. The minimum absolute atomic E-state index is 0.355. The van der Waals surface area contributed by atoms with Crippen molar-refractivity contribution in [3.63, 3.8) is 0 Å². The summed E-state index contributed by atoms with van der Waals surface area (Å²) in [6.07, 6.45) is 4.03. The quantitative estimate of drug-likeness (QED) is 0.854. The van der Waals surface area contributed by atoms with E-state index >= 15 is 0 Å². The van der Waals surface area contributed by atoms with E-state index < -0.39 is 0 Å². The molecule has 0 spiro atoms. The number of hydrogen-bond donors (Lipinski definition) is 1. The van der Waals surface area contributed by atoms with Gasteiger partial charge >= 0.3 is 0 Å². The van der Waals surface area contributed by atoms with Crippen molar-refractivity contribution in [2.45, 2.75) is 52.2 Å². The van der Waals surface area contributed by atoms with Gasteiger partial charge < -0.3 is 14.5 Å². The third kappa shape index (κ3) is 3.33. The topological polar surface area (TPSA) is 34.4 Å². The fraction of sp³-hybridized carbons (Fsp3) is 0.714. The van der Waals surface area contributed by atoms with E-state index in [2.05, 4.69) is 18.3 Å². The molecule has 2 rings (SSSR count). The molecule has 2 unspecified atom stereocenters. The zero-order valence-electron chi connectivity index (χ0n) is 11.1. The van der Waals surface area contributed by atoms with Gasteiger partial charge in [0.1, 0.15) is 11.5 Å². The predicted molar refractivity (Wildman–Crippen MR) is 68.2 cm³/mol. The molecule has 0 aromatic carbocycles. The second kappa shape index (κ2) is 5.69. The Bertz CT molecular complexity index is 353. The average Bonchev–Trinajstić information content (AvgIpc) is 2.88. The first kappa shape index (κ1) is 12.7. The van der Waals surface area contributed by atoms with Crippen LogP contribution in [0.3, 0.4) is 0 Å². The van der Waals surface area contributed by atoms with Gasteiger partial charge in [-0.2, -0.15) is 0 Å². The Hall–Kier alpha value is -0.800. The first-order chi connectivity index (χ1) is 8.16. The van der Waals surface area contributed by atoms with Crippen molar-refractivity contribution in [1.82, 2.24) is 5.32 Å². The molecule has 0 radical (unpaired) electrons. The minimum Gasteiger partial charge on any atom is -0.466 e. The first-order valence-electron chi connectivity index (χ1n) is 6.58. The summed E-state index contributed by atoms with van der Waals surface area (Å²) in [7, 11) is 0. The second-order valence-corrected chi connectivity index (χ2v) is 4.97. The molecule has 17 heavy (non-hydrogen) atoms. The van der Waals surface area contributed by atoms with Crippen molar-refractivity contribution >= 4 is 0 Å². The lowest BCUT2D eigenvalue weighted by Gasteiger charge is -2.15. The van der Waals surface area contributed by atoms with Gasteiger partial charge in [0.05, 0.1) is 6.10 Å². The van der Waals surface area contributed by atoms with E-state index in [1.165, 1.54) is 18.4 Å². The van der Waals surface area contributed by atoms with Crippen molar-refractivity contribution in [2.75, 3.05) is 13.2 Å². The van der Waals surface area contributed by atoms with E-state index in [1.807, 2.05) is 13.8 Å². The maximum Gasteiger partial charge on any atom is 0.105 e. The molecular formula is C14H23NO2. The van der Waals surface area contributed by atoms with Crippen LogP contribution in [0.15, 0.2) is 10.5 Å². The summed E-state index contributed by atoms with van der Waals surface area (Å²) >= 11 is 0. The molecule has 1 aliphatic heterocycles. The Morgan fingerprint density at radius 1 is 1.47 bits per heavy atom. The van der Waals surface area contributed by atoms with E-state index in [0.717, 1.165) is 31.1 Å². The Morgan fingerprint density at radius 3 is 2.88 bits per heavy atom. The summed E-state index contributed by atoms with van der Waals surface area (Å²) in [6, 6.07) is 2.48. The van der Waals surface area contributed by atoms with E-state index in [0.29, 0.717) is 12.1 Å².